The first-order valence-electron chi connectivity index (χ1n) is 6.88. The molecule has 108 valence electrons. The fraction of sp³-hybridized carbons (Fsp3) is 0.538. The Morgan fingerprint density at radius 2 is 2.05 bits per heavy atom. The van der Waals surface area contributed by atoms with E-state index in [1.54, 1.807) is 4.68 Å². The summed E-state index contributed by atoms with van der Waals surface area (Å²) in [7, 11) is 0. The van der Waals surface area contributed by atoms with Gasteiger partial charge in [-0.25, -0.2) is 4.68 Å². The van der Waals surface area contributed by atoms with E-state index in [4.69, 9.17) is 4.74 Å². The minimum absolute atomic E-state index is 0.323. The highest BCUT2D eigenvalue weighted by Gasteiger charge is 2.09. The van der Waals surface area contributed by atoms with Crippen molar-refractivity contribution in [1.29, 1.82) is 0 Å². The fourth-order valence-electron chi connectivity index (χ4n) is 1.55. The molecule has 0 aliphatic carbocycles. The number of nitrogens with zero attached hydrogens (tertiary/aromatic N) is 5. The van der Waals surface area contributed by atoms with Gasteiger partial charge in [-0.1, -0.05) is 13.8 Å². The van der Waals surface area contributed by atoms with Crippen LogP contribution < -0.4 is 10.1 Å². The summed E-state index contributed by atoms with van der Waals surface area (Å²) in [5.74, 6) is 0.967. The van der Waals surface area contributed by atoms with Crippen LogP contribution in [0, 0.1) is 6.92 Å². The van der Waals surface area contributed by atoms with Crippen LogP contribution in [0.3, 0.4) is 0 Å². The number of aromatic nitrogens is 5. The summed E-state index contributed by atoms with van der Waals surface area (Å²) < 4.78 is 7.12. The maximum Gasteiger partial charge on any atom is 0.323 e. The first kappa shape index (κ1) is 14.2. The highest BCUT2D eigenvalue weighted by atomic mass is 16.5. The molecule has 2 rings (SSSR count). The molecular formula is C13H20N6O. The Hall–Kier alpha value is -2.18. The van der Waals surface area contributed by atoms with Gasteiger partial charge < -0.3 is 10.1 Å². The van der Waals surface area contributed by atoms with Crippen LogP contribution in [0.2, 0.25) is 0 Å². The lowest BCUT2D eigenvalue weighted by molar-refractivity contribution is 0.291. The number of aryl methyl sites for hydroxylation is 1. The Labute approximate surface area is 118 Å². The standard InChI is InChI=1S/C13H20N6O/c1-4-7-14-11-15-12(19-8-6-10(3)18-19)17-13(16-11)20-9-5-2/h6,8H,4-5,7,9H2,1-3H3,(H,14,15,16,17). The molecule has 0 amide bonds. The number of rotatable bonds is 7. The summed E-state index contributed by atoms with van der Waals surface area (Å²) in [5, 5.41) is 7.45. The summed E-state index contributed by atoms with van der Waals surface area (Å²) in [6.07, 6.45) is 3.71. The van der Waals surface area contributed by atoms with Gasteiger partial charge in [0.2, 0.25) is 5.95 Å². The smallest absolute Gasteiger partial charge is 0.323 e. The zero-order valence-electron chi connectivity index (χ0n) is 12.1. The van der Waals surface area contributed by atoms with Crippen LogP contribution in [0.5, 0.6) is 6.01 Å². The van der Waals surface area contributed by atoms with Crippen molar-refractivity contribution in [2.45, 2.75) is 33.6 Å². The van der Waals surface area contributed by atoms with Gasteiger partial charge in [-0.15, -0.1) is 0 Å². The molecule has 0 radical (unpaired) electrons. The van der Waals surface area contributed by atoms with Crippen molar-refractivity contribution in [2.24, 2.45) is 0 Å². The van der Waals surface area contributed by atoms with Gasteiger partial charge >= 0.3 is 6.01 Å². The second kappa shape index (κ2) is 6.83. The van der Waals surface area contributed by atoms with E-state index in [1.807, 2.05) is 26.1 Å². The zero-order valence-corrected chi connectivity index (χ0v) is 12.1. The summed E-state index contributed by atoms with van der Waals surface area (Å²) in [6, 6.07) is 2.22. The molecule has 20 heavy (non-hydrogen) atoms. The molecule has 1 N–H and O–H groups in total. The molecule has 0 saturated carbocycles. The monoisotopic (exact) mass is 276 g/mol. The first-order chi connectivity index (χ1) is 9.72. The second-order valence-corrected chi connectivity index (χ2v) is 4.42. The molecule has 2 aromatic rings. The van der Waals surface area contributed by atoms with Crippen LogP contribution in [0.15, 0.2) is 12.3 Å². The average molecular weight is 276 g/mol. The van der Waals surface area contributed by atoms with Crippen LogP contribution in [-0.4, -0.2) is 37.9 Å². The maximum absolute atomic E-state index is 5.50. The molecule has 2 aromatic heterocycles. The van der Waals surface area contributed by atoms with Crippen molar-refractivity contribution in [1.82, 2.24) is 24.7 Å². The highest BCUT2D eigenvalue weighted by Crippen LogP contribution is 2.11. The normalized spacial score (nSPS) is 10.6. The molecular weight excluding hydrogens is 256 g/mol. The summed E-state index contributed by atoms with van der Waals surface area (Å²) in [6.45, 7) is 7.42. The molecule has 0 unspecified atom stereocenters. The second-order valence-electron chi connectivity index (χ2n) is 4.42. The Morgan fingerprint density at radius 1 is 1.20 bits per heavy atom. The van der Waals surface area contributed by atoms with Gasteiger partial charge in [-0.05, 0) is 25.8 Å². The number of nitrogens with one attached hydrogen (secondary N) is 1. The van der Waals surface area contributed by atoms with Crippen molar-refractivity contribution >= 4 is 5.95 Å². The molecule has 0 aromatic carbocycles. The number of hydrogen-bond acceptors (Lipinski definition) is 6. The maximum atomic E-state index is 5.50. The van der Waals surface area contributed by atoms with Crippen molar-refractivity contribution in [2.75, 3.05) is 18.5 Å². The van der Waals surface area contributed by atoms with Crippen molar-refractivity contribution < 1.29 is 4.74 Å². The van der Waals surface area contributed by atoms with E-state index in [1.165, 1.54) is 0 Å². The number of anilines is 1. The highest BCUT2D eigenvalue weighted by molar-refractivity contribution is 5.30. The molecule has 7 nitrogen and oxygen atoms in total. The molecule has 0 aliphatic heterocycles. The van der Waals surface area contributed by atoms with Crippen LogP contribution in [0.25, 0.3) is 5.95 Å². The minimum atomic E-state index is 0.323. The Balaban J connectivity index is 2.29. The molecule has 2 heterocycles. The summed E-state index contributed by atoms with van der Waals surface area (Å²) in [5.41, 5.74) is 0.907. The van der Waals surface area contributed by atoms with Gasteiger partial charge in [-0.2, -0.15) is 20.1 Å². The van der Waals surface area contributed by atoms with Crippen LogP contribution in [0.1, 0.15) is 32.4 Å². The predicted octanol–water partition coefficient (Wildman–Crippen LogP) is 1.98. The topological polar surface area (TPSA) is 77.8 Å². The summed E-state index contributed by atoms with van der Waals surface area (Å²) >= 11 is 0. The minimum Gasteiger partial charge on any atom is -0.463 e. The third kappa shape index (κ3) is 3.66. The average Bonchev–Trinajstić information content (AvgIpc) is 2.89. The van der Waals surface area contributed by atoms with Gasteiger partial charge in [0.25, 0.3) is 5.95 Å². The molecule has 0 fully saturated rings. The molecule has 0 atom stereocenters. The number of hydrogen-bond donors (Lipinski definition) is 1. The lowest BCUT2D eigenvalue weighted by Crippen LogP contribution is -2.12. The molecule has 0 saturated heterocycles. The van der Waals surface area contributed by atoms with Gasteiger partial charge in [0.1, 0.15) is 0 Å². The summed E-state index contributed by atoms with van der Waals surface area (Å²) in [4.78, 5) is 12.9. The Morgan fingerprint density at radius 3 is 2.70 bits per heavy atom. The molecule has 0 bridgehead atoms. The van der Waals surface area contributed by atoms with Crippen molar-refractivity contribution in [3.05, 3.63) is 18.0 Å². The van der Waals surface area contributed by atoms with Gasteiger partial charge in [0, 0.05) is 12.7 Å². The van der Waals surface area contributed by atoms with Crippen LogP contribution in [0.4, 0.5) is 5.95 Å². The predicted molar refractivity (Wildman–Crippen MR) is 76.3 cm³/mol. The van der Waals surface area contributed by atoms with Crippen LogP contribution in [-0.2, 0) is 0 Å². The lowest BCUT2D eigenvalue weighted by atomic mass is 10.5. The fourth-order valence-corrected chi connectivity index (χ4v) is 1.55. The SMILES string of the molecule is CCCNc1nc(OCCC)nc(-n2ccc(C)n2)n1. The van der Waals surface area contributed by atoms with E-state index in [2.05, 4.69) is 32.3 Å². The molecule has 0 spiro atoms. The molecule has 7 heteroatoms. The number of ether oxygens (including phenoxy) is 1. The zero-order chi connectivity index (χ0) is 14.4. The lowest BCUT2D eigenvalue weighted by Gasteiger charge is -2.08. The molecule has 0 aliphatic rings. The van der Waals surface area contributed by atoms with E-state index in [-0.39, 0.29) is 0 Å². The first-order valence-corrected chi connectivity index (χ1v) is 6.88. The quantitative estimate of drug-likeness (QED) is 0.833. The van der Waals surface area contributed by atoms with E-state index >= 15 is 0 Å². The largest absolute Gasteiger partial charge is 0.463 e. The van der Waals surface area contributed by atoms with E-state index in [0.717, 1.165) is 25.1 Å². The van der Waals surface area contributed by atoms with Crippen molar-refractivity contribution in [3.8, 4) is 12.0 Å². The van der Waals surface area contributed by atoms with E-state index in [9.17, 15) is 0 Å². The van der Waals surface area contributed by atoms with Crippen molar-refractivity contribution in [3.63, 3.8) is 0 Å². The van der Waals surface area contributed by atoms with Crippen LogP contribution >= 0.6 is 0 Å². The van der Waals surface area contributed by atoms with Gasteiger partial charge in [-0.3, -0.25) is 0 Å². The van der Waals surface area contributed by atoms with Gasteiger partial charge in [0.05, 0.1) is 12.3 Å². The Kier molecular flexibility index (Phi) is 4.86. The van der Waals surface area contributed by atoms with E-state index < -0.39 is 0 Å². The third-order valence-electron chi connectivity index (χ3n) is 2.50. The Bertz CT molecular complexity index is 527. The third-order valence-corrected chi connectivity index (χ3v) is 2.50. The van der Waals surface area contributed by atoms with E-state index in [0.29, 0.717) is 24.5 Å². The van der Waals surface area contributed by atoms with Gasteiger partial charge in [0.15, 0.2) is 0 Å².